The van der Waals surface area contributed by atoms with Gasteiger partial charge >= 0.3 is 5.97 Å². The average molecular weight is 489 g/mol. The van der Waals surface area contributed by atoms with E-state index < -0.39 is 5.97 Å². The molecule has 0 spiro atoms. The Hall–Kier alpha value is -3.09. The van der Waals surface area contributed by atoms with Crippen LogP contribution >= 0.6 is 23.1 Å². The largest absolute Gasteiger partial charge is 0.481 e. The highest BCUT2D eigenvalue weighted by molar-refractivity contribution is 8.03. The minimum Gasteiger partial charge on any atom is -0.481 e. The number of thioether (sulfide) groups is 1. The van der Waals surface area contributed by atoms with Crippen LogP contribution in [0.4, 0.5) is 0 Å². The Morgan fingerprint density at radius 3 is 2.71 bits per heavy atom. The molecule has 0 bridgehead atoms. The molecule has 1 aliphatic rings. The van der Waals surface area contributed by atoms with Crippen LogP contribution in [0.3, 0.4) is 0 Å². The number of carboxylic acids is 1. The predicted octanol–water partition coefficient (Wildman–Crippen LogP) is 7.79. The molecule has 0 fully saturated rings. The van der Waals surface area contributed by atoms with Gasteiger partial charge in [-0.25, -0.2) is 4.98 Å². The van der Waals surface area contributed by atoms with Crippen LogP contribution in [0.2, 0.25) is 0 Å². The Labute approximate surface area is 209 Å². The van der Waals surface area contributed by atoms with Gasteiger partial charge in [-0.2, -0.15) is 0 Å². The molecule has 0 unspecified atom stereocenters. The van der Waals surface area contributed by atoms with Crippen LogP contribution in [0.1, 0.15) is 31.2 Å². The maximum absolute atomic E-state index is 10.6. The van der Waals surface area contributed by atoms with Crippen molar-refractivity contribution in [1.29, 1.82) is 0 Å². The molecule has 34 heavy (non-hydrogen) atoms. The number of hydrogen-bond donors (Lipinski definition) is 1. The molecule has 1 N–H and O–H groups in total. The van der Waals surface area contributed by atoms with E-state index in [2.05, 4.69) is 79.4 Å². The molecule has 0 saturated heterocycles. The molecule has 0 atom stereocenters. The van der Waals surface area contributed by atoms with E-state index in [1.165, 1.54) is 15.2 Å². The third-order valence-corrected chi connectivity index (χ3v) is 7.65. The van der Waals surface area contributed by atoms with Crippen LogP contribution in [0.15, 0.2) is 95.0 Å². The lowest BCUT2D eigenvalue weighted by Gasteiger charge is -2.18. The van der Waals surface area contributed by atoms with Gasteiger partial charge in [-0.05, 0) is 67.3 Å². The Morgan fingerprint density at radius 1 is 1.15 bits per heavy atom. The number of benzene rings is 2. The topological polar surface area (TPSA) is 53.4 Å². The van der Waals surface area contributed by atoms with Crippen molar-refractivity contribution < 1.29 is 9.90 Å². The van der Waals surface area contributed by atoms with Gasteiger partial charge in [-0.1, -0.05) is 49.0 Å². The van der Waals surface area contributed by atoms with E-state index in [0.29, 0.717) is 0 Å². The summed E-state index contributed by atoms with van der Waals surface area (Å²) in [6.45, 7) is 7.29. The normalized spacial score (nSPS) is 13.0. The number of para-hydroxylation sites is 1. The molecule has 6 heteroatoms. The highest BCUT2D eigenvalue weighted by Crippen LogP contribution is 2.36. The number of hydrogen-bond acceptors (Lipinski definition) is 5. The number of aliphatic carboxylic acids is 1. The van der Waals surface area contributed by atoms with Crippen molar-refractivity contribution in [3.8, 4) is 10.6 Å². The molecule has 2 aromatic carbocycles. The summed E-state index contributed by atoms with van der Waals surface area (Å²) in [5.41, 5.74) is 4.50. The van der Waals surface area contributed by atoms with Crippen LogP contribution in [0.5, 0.6) is 0 Å². The van der Waals surface area contributed by atoms with Gasteiger partial charge in [0.25, 0.3) is 0 Å². The number of aryl methyl sites for hydroxylation is 1. The van der Waals surface area contributed by atoms with Gasteiger partial charge in [0.05, 0.1) is 10.2 Å². The standard InChI is InChI=1S/C28H28N2O2S2/c1-20-11-12-23(28-29-24-8-5-6-9-25(24)34-28)19-26(20)33-21(2)18-22-13-16-30(17-14-22)15-7-3-4-10-27(31)32/h5-6,8-9,11-14,16-19H,2-4,7,10,15H2,1H3,(H,31,32). The van der Waals surface area contributed by atoms with Gasteiger partial charge in [-0.3, -0.25) is 4.79 Å². The van der Waals surface area contributed by atoms with Crippen molar-refractivity contribution in [2.75, 3.05) is 6.54 Å². The van der Waals surface area contributed by atoms with Crippen molar-refractivity contribution in [3.63, 3.8) is 0 Å². The number of allylic oxidation sites excluding steroid dienone is 4. The molecule has 3 aromatic rings. The molecular formula is C28H28N2O2S2. The summed E-state index contributed by atoms with van der Waals surface area (Å²) in [4.78, 5) is 19.7. The van der Waals surface area contributed by atoms with Crippen LogP contribution in [-0.2, 0) is 4.79 Å². The number of carbonyl (C=O) groups is 1. The maximum atomic E-state index is 10.6. The second-order valence-corrected chi connectivity index (χ2v) is 10.5. The minimum atomic E-state index is -0.718. The van der Waals surface area contributed by atoms with E-state index in [-0.39, 0.29) is 6.42 Å². The first-order valence-electron chi connectivity index (χ1n) is 11.4. The van der Waals surface area contributed by atoms with Gasteiger partial charge in [0.15, 0.2) is 0 Å². The van der Waals surface area contributed by atoms with Crippen LogP contribution in [0, 0.1) is 6.92 Å². The molecule has 2 heterocycles. The minimum absolute atomic E-state index is 0.251. The number of aromatic nitrogens is 1. The number of thiazole rings is 1. The van der Waals surface area contributed by atoms with Gasteiger partial charge in [0, 0.05) is 40.7 Å². The second-order valence-electron chi connectivity index (χ2n) is 8.25. The van der Waals surface area contributed by atoms with Crippen molar-refractivity contribution in [2.24, 2.45) is 0 Å². The summed E-state index contributed by atoms with van der Waals surface area (Å²) < 4.78 is 1.20. The maximum Gasteiger partial charge on any atom is 0.303 e. The quantitative estimate of drug-likeness (QED) is 0.233. The lowest BCUT2D eigenvalue weighted by atomic mass is 10.1. The number of carboxylic acid groups (broad SMARTS) is 1. The first-order chi connectivity index (χ1) is 16.5. The summed E-state index contributed by atoms with van der Waals surface area (Å²) in [5.74, 6) is -0.718. The summed E-state index contributed by atoms with van der Waals surface area (Å²) in [5, 5.41) is 9.75. The smallest absolute Gasteiger partial charge is 0.303 e. The first kappa shape index (κ1) is 24.0. The fourth-order valence-corrected chi connectivity index (χ4v) is 5.51. The molecule has 1 aliphatic heterocycles. The van der Waals surface area contributed by atoms with Crippen molar-refractivity contribution in [2.45, 2.75) is 37.5 Å². The molecule has 0 radical (unpaired) electrons. The number of fused-ring (bicyclic) bond motifs is 1. The summed E-state index contributed by atoms with van der Waals surface area (Å²) in [6.07, 6.45) is 13.3. The van der Waals surface area contributed by atoms with Gasteiger partial charge in [0.1, 0.15) is 5.01 Å². The van der Waals surface area contributed by atoms with E-state index in [1.54, 1.807) is 23.1 Å². The SMILES string of the molecule is C=C(C=C1C=CN(CCCCCC(=O)O)C=C1)Sc1cc(-c2nc3ccccc3s2)ccc1C. The van der Waals surface area contributed by atoms with Crippen molar-refractivity contribution in [3.05, 3.63) is 95.7 Å². The molecule has 4 nitrogen and oxygen atoms in total. The van der Waals surface area contributed by atoms with Crippen molar-refractivity contribution in [1.82, 2.24) is 9.88 Å². The van der Waals surface area contributed by atoms with E-state index in [9.17, 15) is 4.79 Å². The van der Waals surface area contributed by atoms with Crippen LogP contribution in [-0.4, -0.2) is 27.5 Å². The molecular weight excluding hydrogens is 460 g/mol. The Bertz CT molecular complexity index is 1240. The third-order valence-electron chi connectivity index (χ3n) is 5.52. The van der Waals surface area contributed by atoms with Gasteiger partial charge in [0.2, 0.25) is 0 Å². The fourth-order valence-electron chi connectivity index (χ4n) is 3.66. The zero-order valence-electron chi connectivity index (χ0n) is 19.2. The average Bonchev–Trinajstić information content (AvgIpc) is 3.25. The molecule has 0 amide bonds. The fraction of sp³-hybridized carbons (Fsp3) is 0.214. The Kier molecular flexibility index (Phi) is 8.03. The second kappa shape index (κ2) is 11.4. The van der Waals surface area contributed by atoms with E-state index in [4.69, 9.17) is 10.1 Å². The molecule has 4 rings (SSSR count). The Morgan fingerprint density at radius 2 is 1.94 bits per heavy atom. The highest BCUT2D eigenvalue weighted by Gasteiger charge is 2.10. The predicted molar refractivity (Wildman–Crippen MR) is 144 cm³/mol. The zero-order valence-corrected chi connectivity index (χ0v) is 20.9. The number of rotatable bonds is 10. The lowest BCUT2D eigenvalue weighted by Crippen LogP contribution is -2.13. The first-order valence-corrected chi connectivity index (χ1v) is 13.0. The third kappa shape index (κ3) is 6.49. The molecule has 174 valence electrons. The highest BCUT2D eigenvalue weighted by atomic mass is 32.2. The monoisotopic (exact) mass is 488 g/mol. The lowest BCUT2D eigenvalue weighted by molar-refractivity contribution is -0.137. The molecule has 0 aliphatic carbocycles. The van der Waals surface area contributed by atoms with E-state index >= 15 is 0 Å². The molecule has 1 aromatic heterocycles. The van der Waals surface area contributed by atoms with Gasteiger partial charge in [-0.15, -0.1) is 11.3 Å². The van der Waals surface area contributed by atoms with Crippen LogP contribution in [0.25, 0.3) is 20.8 Å². The number of unbranched alkanes of at least 4 members (excludes halogenated alkanes) is 2. The molecule has 0 saturated carbocycles. The Balaban J connectivity index is 1.35. The van der Waals surface area contributed by atoms with Crippen LogP contribution < -0.4 is 0 Å². The summed E-state index contributed by atoms with van der Waals surface area (Å²) in [6, 6.07) is 14.7. The van der Waals surface area contributed by atoms with E-state index in [1.807, 2.05) is 12.1 Å². The van der Waals surface area contributed by atoms with Gasteiger partial charge < -0.3 is 10.0 Å². The zero-order chi connectivity index (χ0) is 23.9. The number of nitrogens with zero attached hydrogens (tertiary/aromatic N) is 2. The van der Waals surface area contributed by atoms with E-state index in [0.717, 1.165) is 52.4 Å². The summed E-state index contributed by atoms with van der Waals surface area (Å²) >= 11 is 3.40. The van der Waals surface area contributed by atoms with Crippen molar-refractivity contribution >= 4 is 39.3 Å². The summed E-state index contributed by atoms with van der Waals surface area (Å²) in [7, 11) is 0.